The van der Waals surface area contributed by atoms with Gasteiger partial charge in [-0.1, -0.05) is 20.8 Å². The SMILES string of the molecule is CC(C)[C@]12O[C@@H]1[C@H]1O[C@]13[C@]1(O[C@@H]1C[C@H]1C4=C(CC[C@@]13C)C(=O)OC4)[C@@H]2O. The molecule has 0 amide bonds. The number of aliphatic hydroxyl groups excluding tert-OH is 1. The average Bonchev–Trinajstić information content (AvgIpc) is 3.47. The predicted molar refractivity (Wildman–Crippen MR) is 87.1 cm³/mol. The summed E-state index contributed by atoms with van der Waals surface area (Å²) in [5.74, 6) is 0.297. The molecule has 26 heavy (non-hydrogen) atoms. The van der Waals surface area contributed by atoms with Crippen molar-refractivity contribution in [2.24, 2.45) is 17.3 Å². The van der Waals surface area contributed by atoms with Gasteiger partial charge >= 0.3 is 5.97 Å². The number of carbonyl (C=O) groups is 1. The zero-order valence-corrected chi connectivity index (χ0v) is 15.3. The van der Waals surface area contributed by atoms with Crippen molar-refractivity contribution in [2.45, 2.75) is 81.3 Å². The third kappa shape index (κ3) is 1.14. The van der Waals surface area contributed by atoms with E-state index in [1.807, 2.05) is 0 Å². The molecule has 5 fully saturated rings. The Labute approximate surface area is 151 Å². The van der Waals surface area contributed by atoms with Gasteiger partial charge in [0.05, 0.1) is 6.10 Å². The second kappa shape index (κ2) is 3.79. The summed E-state index contributed by atoms with van der Waals surface area (Å²) in [5, 5.41) is 11.4. The van der Waals surface area contributed by atoms with E-state index in [1.165, 1.54) is 0 Å². The summed E-state index contributed by atoms with van der Waals surface area (Å²) in [6, 6.07) is 0. The fourth-order valence-corrected chi connectivity index (χ4v) is 7.70. The number of rotatable bonds is 1. The lowest BCUT2D eigenvalue weighted by molar-refractivity contribution is -0.136. The molecule has 2 spiro atoms. The maximum Gasteiger partial charge on any atom is 0.334 e. The summed E-state index contributed by atoms with van der Waals surface area (Å²) >= 11 is 0. The Morgan fingerprint density at radius 3 is 2.77 bits per heavy atom. The largest absolute Gasteiger partial charge is 0.458 e. The molecule has 140 valence electrons. The number of carbonyl (C=O) groups excluding carboxylic acids is 1. The van der Waals surface area contributed by atoms with Crippen molar-refractivity contribution in [1.82, 2.24) is 0 Å². The smallest absolute Gasteiger partial charge is 0.334 e. The highest BCUT2D eigenvalue weighted by molar-refractivity contribution is 5.92. The minimum Gasteiger partial charge on any atom is -0.458 e. The molecule has 0 unspecified atom stereocenters. The van der Waals surface area contributed by atoms with Gasteiger partial charge in [0.25, 0.3) is 0 Å². The van der Waals surface area contributed by atoms with E-state index < -0.39 is 22.9 Å². The van der Waals surface area contributed by atoms with Gasteiger partial charge in [-0.05, 0) is 36.7 Å². The minimum absolute atomic E-state index is 0.00808. The molecular formula is C20H24O6. The first-order chi connectivity index (χ1) is 12.3. The van der Waals surface area contributed by atoms with Gasteiger partial charge in [0.2, 0.25) is 0 Å². The van der Waals surface area contributed by atoms with Gasteiger partial charge in [0.15, 0.2) is 5.60 Å². The van der Waals surface area contributed by atoms with Crippen molar-refractivity contribution in [3.8, 4) is 0 Å². The van der Waals surface area contributed by atoms with Crippen LogP contribution in [0.15, 0.2) is 11.1 Å². The number of cyclic esters (lactones) is 1. The molecule has 1 N–H and O–H groups in total. The molecule has 6 nitrogen and oxygen atoms in total. The Hall–Kier alpha value is -0.950. The van der Waals surface area contributed by atoms with E-state index >= 15 is 0 Å². The lowest BCUT2D eigenvalue weighted by Crippen LogP contribution is -2.69. The predicted octanol–water partition coefficient (Wildman–Crippen LogP) is 1.10. The maximum absolute atomic E-state index is 12.1. The van der Waals surface area contributed by atoms with Gasteiger partial charge in [-0.2, -0.15) is 0 Å². The fraction of sp³-hybridized carbons (Fsp3) is 0.850. The summed E-state index contributed by atoms with van der Waals surface area (Å²) in [5.41, 5.74) is 0.230. The zero-order valence-electron chi connectivity index (χ0n) is 15.3. The van der Waals surface area contributed by atoms with Gasteiger partial charge in [0.1, 0.15) is 36.1 Å². The van der Waals surface area contributed by atoms with Crippen molar-refractivity contribution in [1.29, 1.82) is 0 Å². The Kier molecular flexibility index (Phi) is 2.19. The standard InChI is InChI=1S/C20H24O6/c1-8(2)18-13(25-18)14-20(26-14)17(3)5-4-9-10(7-23-15(9)21)11(17)6-12-19(20,24-12)16(18)22/h8,11-14,16,22H,4-7H2,1-3H3/t11-,12+,13+,14+,16+,17-,18-,19+,20+/m0/s1. The molecule has 7 rings (SSSR count). The van der Waals surface area contributed by atoms with Crippen molar-refractivity contribution >= 4 is 5.97 Å². The number of epoxide rings is 3. The van der Waals surface area contributed by atoms with Crippen LogP contribution in [-0.2, 0) is 23.7 Å². The summed E-state index contributed by atoms with van der Waals surface area (Å²) in [6.45, 7) is 6.91. The molecule has 0 aromatic rings. The van der Waals surface area contributed by atoms with Gasteiger partial charge in [-0.15, -0.1) is 0 Å². The zero-order chi connectivity index (χ0) is 17.9. The summed E-state index contributed by atoms with van der Waals surface area (Å²) in [6.07, 6.45) is 1.71. The molecule has 4 heterocycles. The lowest BCUT2D eigenvalue weighted by Gasteiger charge is -2.53. The maximum atomic E-state index is 12.1. The molecule has 3 aliphatic carbocycles. The van der Waals surface area contributed by atoms with E-state index in [4.69, 9.17) is 18.9 Å². The van der Waals surface area contributed by atoms with Gasteiger partial charge in [0, 0.05) is 11.0 Å². The van der Waals surface area contributed by atoms with Crippen LogP contribution in [0.2, 0.25) is 0 Å². The van der Waals surface area contributed by atoms with E-state index in [-0.39, 0.29) is 41.5 Å². The molecule has 3 saturated heterocycles. The van der Waals surface area contributed by atoms with Crippen molar-refractivity contribution in [3.05, 3.63) is 11.1 Å². The quantitative estimate of drug-likeness (QED) is 0.557. The van der Waals surface area contributed by atoms with E-state index in [0.717, 1.165) is 30.4 Å². The number of fused-ring (bicyclic) bond motifs is 4. The third-order valence-electron chi connectivity index (χ3n) is 9.10. The molecule has 4 aliphatic heterocycles. The van der Waals surface area contributed by atoms with E-state index in [9.17, 15) is 9.90 Å². The van der Waals surface area contributed by atoms with E-state index in [2.05, 4.69) is 20.8 Å². The van der Waals surface area contributed by atoms with Gasteiger partial charge in [-0.25, -0.2) is 4.79 Å². The van der Waals surface area contributed by atoms with Crippen LogP contribution in [-0.4, -0.2) is 58.9 Å². The first-order valence-electron chi connectivity index (χ1n) is 9.95. The molecule has 0 bridgehead atoms. The highest BCUT2D eigenvalue weighted by Gasteiger charge is 3.00. The third-order valence-corrected chi connectivity index (χ3v) is 9.10. The summed E-state index contributed by atoms with van der Waals surface area (Å²) in [7, 11) is 0. The van der Waals surface area contributed by atoms with Crippen LogP contribution in [0.1, 0.15) is 40.0 Å². The minimum atomic E-state index is -0.654. The van der Waals surface area contributed by atoms with Crippen LogP contribution < -0.4 is 0 Å². The number of esters is 1. The first-order valence-corrected chi connectivity index (χ1v) is 9.95. The van der Waals surface area contributed by atoms with Crippen LogP contribution in [0.5, 0.6) is 0 Å². The van der Waals surface area contributed by atoms with E-state index in [0.29, 0.717) is 6.61 Å². The van der Waals surface area contributed by atoms with Crippen molar-refractivity contribution in [2.75, 3.05) is 6.61 Å². The fourth-order valence-electron chi connectivity index (χ4n) is 7.70. The summed E-state index contributed by atoms with van der Waals surface area (Å²) < 4.78 is 24.3. The first kappa shape index (κ1) is 15.0. The lowest BCUT2D eigenvalue weighted by atomic mass is 9.46. The second-order valence-electron chi connectivity index (χ2n) is 9.91. The van der Waals surface area contributed by atoms with Crippen molar-refractivity contribution in [3.63, 3.8) is 0 Å². The Bertz CT molecular complexity index is 819. The number of hydrogen-bond acceptors (Lipinski definition) is 6. The molecule has 9 atom stereocenters. The van der Waals surface area contributed by atoms with Crippen molar-refractivity contribution < 1.29 is 28.8 Å². The van der Waals surface area contributed by atoms with Gasteiger partial charge < -0.3 is 24.1 Å². The van der Waals surface area contributed by atoms with Crippen LogP contribution in [0.4, 0.5) is 0 Å². The Morgan fingerprint density at radius 1 is 1.19 bits per heavy atom. The summed E-state index contributed by atoms with van der Waals surface area (Å²) in [4.78, 5) is 12.1. The highest BCUT2D eigenvalue weighted by atomic mass is 16.7. The normalized spacial score (nSPS) is 63.1. The van der Waals surface area contributed by atoms with E-state index in [1.54, 1.807) is 0 Å². The monoisotopic (exact) mass is 360 g/mol. The molecule has 0 radical (unpaired) electrons. The van der Waals surface area contributed by atoms with Crippen LogP contribution >= 0.6 is 0 Å². The number of ether oxygens (including phenoxy) is 4. The highest BCUT2D eigenvalue weighted by Crippen LogP contribution is 2.82. The molecule has 2 saturated carbocycles. The van der Waals surface area contributed by atoms with Crippen LogP contribution in [0.25, 0.3) is 0 Å². The molecular weight excluding hydrogens is 336 g/mol. The molecule has 0 aromatic heterocycles. The second-order valence-corrected chi connectivity index (χ2v) is 9.91. The topological polar surface area (TPSA) is 84.1 Å². The number of aliphatic hydroxyl groups is 1. The average molecular weight is 360 g/mol. The Morgan fingerprint density at radius 2 is 2.00 bits per heavy atom. The molecule has 0 aromatic carbocycles. The van der Waals surface area contributed by atoms with Crippen LogP contribution in [0.3, 0.4) is 0 Å². The Balaban J connectivity index is 1.39. The molecule has 7 aliphatic rings. The van der Waals surface area contributed by atoms with Crippen LogP contribution in [0, 0.1) is 17.3 Å². The molecule has 6 heteroatoms. The number of hydrogen-bond donors (Lipinski definition) is 1. The van der Waals surface area contributed by atoms with Gasteiger partial charge in [-0.3, -0.25) is 0 Å².